The quantitative estimate of drug-likeness (QED) is 0.861. The average molecular weight is 261 g/mol. The monoisotopic (exact) mass is 260 g/mol. The van der Waals surface area contributed by atoms with E-state index >= 15 is 0 Å². The summed E-state index contributed by atoms with van der Waals surface area (Å²) in [6.07, 6.45) is 1.28. The molecule has 4 heteroatoms. The molecule has 2 aromatic carbocycles. The number of rotatable bonds is 3. The fourth-order valence-electron chi connectivity index (χ4n) is 1.83. The normalized spacial score (nSPS) is 10.1. The van der Waals surface area contributed by atoms with Gasteiger partial charge < -0.3 is 5.11 Å². The van der Waals surface area contributed by atoms with Crippen LogP contribution in [-0.2, 0) is 0 Å². The van der Waals surface area contributed by atoms with Crippen LogP contribution in [0.1, 0.15) is 20.7 Å². The van der Waals surface area contributed by atoms with Crippen LogP contribution < -0.4 is 0 Å². The number of halogens is 1. The highest BCUT2D eigenvalue weighted by atomic mass is 35.5. The summed E-state index contributed by atoms with van der Waals surface area (Å²) in [5, 5.41) is 10.2. The molecular weight excluding hydrogens is 252 g/mol. The van der Waals surface area contributed by atoms with Crippen LogP contribution >= 0.6 is 11.6 Å². The Morgan fingerprint density at radius 2 is 1.67 bits per heavy atom. The van der Waals surface area contributed by atoms with Crippen LogP contribution in [0.5, 0.6) is 5.75 Å². The molecule has 0 heterocycles. The topological polar surface area (TPSA) is 54.4 Å². The summed E-state index contributed by atoms with van der Waals surface area (Å²) in [7, 11) is 0. The van der Waals surface area contributed by atoms with Crippen molar-refractivity contribution in [3.8, 4) is 16.9 Å². The van der Waals surface area contributed by atoms with E-state index < -0.39 is 0 Å². The number of phenolic OH excluding ortho intramolecular Hbond substituents is 1. The minimum absolute atomic E-state index is 0.126. The fourth-order valence-corrected chi connectivity index (χ4v) is 2.05. The Kier molecular flexibility index (Phi) is 3.44. The molecule has 0 radical (unpaired) electrons. The molecule has 0 aliphatic rings. The SMILES string of the molecule is O=Cc1ccccc1-c1c(O)cc(Cl)cc1C=O. The second-order valence-electron chi connectivity index (χ2n) is 3.71. The molecule has 0 bridgehead atoms. The lowest BCUT2D eigenvalue weighted by atomic mass is 9.95. The van der Waals surface area contributed by atoms with Crippen LogP contribution in [-0.4, -0.2) is 17.7 Å². The van der Waals surface area contributed by atoms with Crippen molar-refractivity contribution in [2.45, 2.75) is 0 Å². The standard InChI is InChI=1S/C14H9ClO3/c15-11-5-10(8-17)14(13(18)6-11)12-4-2-1-3-9(12)7-16/h1-8,18H. The van der Waals surface area contributed by atoms with Crippen molar-refractivity contribution in [3.63, 3.8) is 0 Å². The lowest BCUT2D eigenvalue weighted by Crippen LogP contribution is -1.93. The molecule has 18 heavy (non-hydrogen) atoms. The van der Waals surface area contributed by atoms with Crippen molar-refractivity contribution in [3.05, 3.63) is 52.5 Å². The second kappa shape index (κ2) is 5.02. The Morgan fingerprint density at radius 3 is 2.33 bits per heavy atom. The second-order valence-corrected chi connectivity index (χ2v) is 4.15. The van der Waals surface area contributed by atoms with Gasteiger partial charge in [-0.3, -0.25) is 9.59 Å². The highest BCUT2D eigenvalue weighted by molar-refractivity contribution is 6.31. The fraction of sp³-hybridized carbons (Fsp3) is 0. The van der Waals surface area contributed by atoms with Crippen LogP contribution in [0.25, 0.3) is 11.1 Å². The molecular formula is C14H9ClO3. The largest absolute Gasteiger partial charge is 0.507 e. The van der Waals surface area contributed by atoms with E-state index in [2.05, 4.69) is 0 Å². The van der Waals surface area contributed by atoms with E-state index in [1.54, 1.807) is 24.3 Å². The summed E-state index contributed by atoms with van der Waals surface area (Å²) < 4.78 is 0. The first-order valence-corrected chi connectivity index (χ1v) is 5.57. The van der Waals surface area contributed by atoms with E-state index in [9.17, 15) is 14.7 Å². The Bertz CT molecular complexity index is 620. The Labute approximate surface area is 109 Å². The van der Waals surface area contributed by atoms with Crippen molar-refractivity contribution in [1.29, 1.82) is 0 Å². The number of carbonyl (C=O) groups is 2. The van der Waals surface area contributed by atoms with Crippen LogP contribution in [0, 0.1) is 0 Å². The molecule has 0 unspecified atom stereocenters. The molecule has 90 valence electrons. The van der Waals surface area contributed by atoms with Crippen molar-refractivity contribution in [2.75, 3.05) is 0 Å². The molecule has 0 aliphatic heterocycles. The number of aromatic hydroxyl groups is 1. The van der Waals surface area contributed by atoms with Crippen LogP contribution in [0.15, 0.2) is 36.4 Å². The number of carbonyl (C=O) groups excluding carboxylic acids is 2. The first-order valence-electron chi connectivity index (χ1n) is 5.19. The third-order valence-corrected chi connectivity index (χ3v) is 2.82. The maximum absolute atomic E-state index is 11.0. The van der Waals surface area contributed by atoms with Gasteiger partial charge >= 0.3 is 0 Å². The van der Waals surface area contributed by atoms with Gasteiger partial charge in [-0.25, -0.2) is 0 Å². The molecule has 0 aromatic heterocycles. The summed E-state index contributed by atoms with van der Waals surface area (Å²) in [5.74, 6) is -0.126. The summed E-state index contributed by atoms with van der Waals surface area (Å²) in [6, 6.07) is 9.51. The zero-order valence-electron chi connectivity index (χ0n) is 9.26. The summed E-state index contributed by atoms with van der Waals surface area (Å²) in [5.41, 5.74) is 1.47. The minimum Gasteiger partial charge on any atom is -0.507 e. The number of hydrogen-bond acceptors (Lipinski definition) is 3. The van der Waals surface area contributed by atoms with Crippen molar-refractivity contribution >= 4 is 24.2 Å². The molecule has 3 nitrogen and oxygen atoms in total. The Balaban J connectivity index is 2.78. The molecule has 2 aromatic rings. The van der Waals surface area contributed by atoms with Crippen LogP contribution in [0.2, 0.25) is 5.02 Å². The van der Waals surface area contributed by atoms with Crippen molar-refractivity contribution < 1.29 is 14.7 Å². The molecule has 2 rings (SSSR count). The molecule has 1 N–H and O–H groups in total. The molecule has 0 spiro atoms. The lowest BCUT2D eigenvalue weighted by molar-refractivity contribution is 0.111. The van der Waals surface area contributed by atoms with Crippen LogP contribution in [0.4, 0.5) is 0 Å². The predicted octanol–water partition coefficient (Wildman–Crippen LogP) is 3.34. The maximum atomic E-state index is 11.0. The molecule has 0 fully saturated rings. The van der Waals surface area contributed by atoms with Gasteiger partial charge in [-0.1, -0.05) is 35.9 Å². The smallest absolute Gasteiger partial charge is 0.150 e. The van der Waals surface area contributed by atoms with E-state index in [0.29, 0.717) is 29.3 Å². The number of benzene rings is 2. The molecule has 0 amide bonds. The van der Waals surface area contributed by atoms with Gasteiger partial charge in [0.05, 0.1) is 0 Å². The van der Waals surface area contributed by atoms with Gasteiger partial charge in [0.15, 0.2) is 12.6 Å². The number of phenols is 1. The third kappa shape index (κ3) is 2.13. The number of hydrogen-bond donors (Lipinski definition) is 1. The molecule has 0 aliphatic carbocycles. The molecule has 0 saturated carbocycles. The Hall–Kier alpha value is -2.13. The summed E-state index contributed by atoms with van der Waals surface area (Å²) in [6.45, 7) is 0. The zero-order valence-corrected chi connectivity index (χ0v) is 10.0. The van der Waals surface area contributed by atoms with E-state index in [1.807, 2.05) is 0 Å². The predicted molar refractivity (Wildman–Crippen MR) is 69.3 cm³/mol. The third-order valence-electron chi connectivity index (χ3n) is 2.60. The first kappa shape index (κ1) is 12.3. The number of aldehydes is 2. The van der Waals surface area contributed by atoms with Gasteiger partial charge in [0.25, 0.3) is 0 Å². The van der Waals surface area contributed by atoms with E-state index in [1.165, 1.54) is 12.1 Å². The lowest BCUT2D eigenvalue weighted by Gasteiger charge is -2.10. The minimum atomic E-state index is -0.126. The summed E-state index contributed by atoms with van der Waals surface area (Å²) in [4.78, 5) is 22.0. The highest BCUT2D eigenvalue weighted by Gasteiger charge is 2.14. The first-order chi connectivity index (χ1) is 8.67. The zero-order chi connectivity index (χ0) is 13.1. The summed E-state index contributed by atoms with van der Waals surface area (Å²) >= 11 is 5.77. The van der Waals surface area contributed by atoms with Crippen molar-refractivity contribution in [1.82, 2.24) is 0 Å². The van der Waals surface area contributed by atoms with E-state index in [4.69, 9.17) is 11.6 Å². The highest BCUT2D eigenvalue weighted by Crippen LogP contribution is 2.36. The van der Waals surface area contributed by atoms with E-state index in [-0.39, 0.29) is 16.3 Å². The maximum Gasteiger partial charge on any atom is 0.150 e. The molecule has 0 atom stereocenters. The van der Waals surface area contributed by atoms with Crippen LogP contribution in [0.3, 0.4) is 0 Å². The van der Waals surface area contributed by atoms with Gasteiger partial charge in [0.2, 0.25) is 0 Å². The molecule has 0 saturated heterocycles. The van der Waals surface area contributed by atoms with Crippen molar-refractivity contribution in [2.24, 2.45) is 0 Å². The average Bonchev–Trinajstić information content (AvgIpc) is 2.38. The van der Waals surface area contributed by atoms with Gasteiger partial charge in [0, 0.05) is 21.7 Å². The van der Waals surface area contributed by atoms with Gasteiger partial charge in [-0.05, 0) is 17.7 Å². The van der Waals surface area contributed by atoms with E-state index in [0.717, 1.165) is 0 Å². The van der Waals surface area contributed by atoms with Gasteiger partial charge in [-0.15, -0.1) is 0 Å². The Morgan fingerprint density at radius 1 is 1.00 bits per heavy atom. The van der Waals surface area contributed by atoms with Gasteiger partial charge in [-0.2, -0.15) is 0 Å². The van der Waals surface area contributed by atoms with Gasteiger partial charge in [0.1, 0.15) is 5.75 Å².